The number of imide groups is 1. The van der Waals surface area contributed by atoms with Crippen LogP contribution in [0.3, 0.4) is 0 Å². The Morgan fingerprint density at radius 3 is 1.13 bits per heavy atom. The predicted octanol–water partition coefficient (Wildman–Crippen LogP) is 12.9. The van der Waals surface area contributed by atoms with Crippen molar-refractivity contribution < 1.29 is 9.59 Å². The van der Waals surface area contributed by atoms with Gasteiger partial charge in [0.05, 0.1) is 33.5 Å². The van der Waals surface area contributed by atoms with E-state index in [-0.39, 0.29) is 5.91 Å². The summed E-state index contributed by atoms with van der Waals surface area (Å²) >= 11 is 0. The van der Waals surface area contributed by atoms with Crippen molar-refractivity contribution >= 4 is 39.3 Å². The minimum Gasteiger partial charge on any atom is -0.308 e. The Kier molecular flexibility index (Phi) is 9.88. The molecule has 328 valence electrons. The second-order valence-corrected chi connectivity index (χ2v) is 17.2. The lowest BCUT2D eigenvalue weighted by Crippen LogP contribution is -2.31. The molecule has 1 aliphatic heterocycles. The first kappa shape index (κ1) is 41.2. The Labute approximate surface area is 397 Å². The van der Waals surface area contributed by atoms with E-state index in [0.29, 0.717) is 57.4 Å². The number of anilines is 1. The molecule has 12 rings (SSSR count). The van der Waals surface area contributed by atoms with Crippen molar-refractivity contribution in [1.29, 1.82) is 0 Å². The highest BCUT2D eigenvalue weighted by Crippen LogP contribution is 2.45. The quantitative estimate of drug-likeness (QED) is 0.138. The molecule has 4 heterocycles. The fourth-order valence-electron chi connectivity index (χ4n) is 9.78. The number of carbonyl (C=O) groups is 2. The number of fused-ring (bicyclic) bond motifs is 4. The maximum absolute atomic E-state index is 15.1. The molecule has 0 bridgehead atoms. The summed E-state index contributed by atoms with van der Waals surface area (Å²) in [6, 6.07) is 61.1. The van der Waals surface area contributed by atoms with Gasteiger partial charge in [0.1, 0.15) is 0 Å². The molecule has 69 heavy (non-hydrogen) atoms. The zero-order valence-electron chi connectivity index (χ0n) is 37.8. The monoisotopic (exact) mass is 892 g/mol. The average Bonchev–Trinajstić information content (AvgIpc) is 3.87. The van der Waals surface area contributed by atoms with Gasteiger partial charge < -0.3 is 4.57 Å². The van der Waals surface area contributed by atoms with E-state index >= 15 is 4.79 Å². The molecule has 10 nitrogen and oxygen atoms in total. The summed E-state index contributed by atoms with van der Waals surface area (Å²) in [5, 5.41) is 1.60. The van der Waals surface area contributed by atoms with Crippen LogP contribution in [0.15, 0.2) is 188 Å². The van der Waals surface area contributed by atoms with Gasteiger partial charge in [-0.05, 0) is 56.2 Å². The molecule has 1 aliphatic rings. The van der Waals surface area contributed by atoms with Gasteiger partial charge >= 0.3 is 0 Å². The Hall–Kier alpha value is -9.28. The molecule has 3 aromatic heterocycles. The van der Waals surface area contributed by atoms with Crippen LogP contribution >= 0.6 is 0 Å². The highest BCUT2D eigenvalue weighted by molar-refractivity contribution is 6.36. The molecule has 0 N–H and O–H groups in total. The summed E-state index contributed by atoms with van der Waals surface area (Å²) in [4.78, 5) is 61.9. The van der Waals surface area contributed by atoms with E-state index in [2.05, 4.69) is 4.57 Å². The lowest BCUT2D eigenvalue weighted by molar-refractivity contribution is 0.0925. The zero-order chi connectivity index (χ0) is 46.8. The fraction of sp³-hybridized carbons (Fsp3) is 0.0508. The number of rotatable bonds is 8. The van der Waals surface area contributed by atoms with E-state index in [4.69, 9.17) is 29.9 Å². The topological polar surface area (TPSA) is 120 Å². The normalized spacial score (nSPS) is 12.3. The van der Waals surface area contributed by atoms with Crippen molar-refractivity contribution in [2.75, 3.05) is 4.90 Å². The standard InChI is InChI=1S/C59H40N8O2/c1-35-33-36(2)51(37(3)34-35)67-58(68)44-29-18-32-47(50(44)59(67)69)66-45-30-16-27-42(56-62-52(38-19-8-4-9-20-38)60-53(63-56)39-21-10-5-11-22-39)48(45)49-43(28-17-31-46(49)66)57-64-54(40-23-12-6-13-24-40)61-55(65-57)41-25-14-7-15-26-41/h4-34H,1-3H3. The molecule has 0 fully saturated rings. The van der Waals surface area contributed by atoms with E-state index in [1.54, 1.807) is 6.07 Å². The molecule has 0 atom stereocenters. The molecule has 8 aromatic carbocycles. The number of nitrogens with zero attached hydrogens (tertiary/aromatic N) is 8. The third-order valence-corrected chi connectivity index (χ3v) is 12.7. The second kappa shape index (κ2) is 16.6. The number of aryl methyl sites for hydroxylation is 3. The van der Waals surface area contributed by atoms with Crippen LogP contribution in [-0.4, -0.2) is 46.3 Å². The van der Waals surface area contributed by atoms with Gasteiger partial charge in [0.25, 0.3) is 11.8 Å². The van der Waals surface area contributed by atoms with Crippen LogP contribution in [0, 0.1) is 20.8 Å². The smallest absolute Gasteiger partial charge is 0.268 e. The molecule has 11 aromatic rings. The van der Waals surface area contributed by atoms with E-state index in [1.165, 1.54) is 4.90 Å². The molecule has 0 spiro atoms. The summed E-state index contributed by atoms with van der Waals surface area (Å²) in [6.07, 6.45) is 0. The van der Waals surface area contributed by atoms with Gasteiger partial charge in [0.15, 0.2) is 34.9 Å². The van der Waals surface area contributed by atoms with Crippen molar-refractivity contribution in [2.45, 2.75) is 20.8 Å². The second-order valence-electron chi connectivity index (χ2n) is 17.2. The first-order valence-corrected chi connectivity index (χ1v) is 22.7. The number of benzene rings is 8. The maximum Gasteiger partial charge on any atom is 0.268 e. The minimum atomic E-state index is -0.391. The number of carbonyl (C=O) groups excluding carboxylic acids is 2. The molecule has 2 amide bonds. The van der Waals surface area contributed by atoms with Crippen LogP contribution in [0.5, 0.6) is 0 Å². The summed E-state index contributed by atoms with van der Waals surface area (Å²) in [6.45, 7) is 5.90. The van der Waals surface area contributed by atoms with E-state index in [0.717, 1.165) is 71.9 Å². The van der Waals surface area contributed by atoms with Crippen molar-refractivity contribution in [3.05, 3.63) is 216 Å². The third-order valence-electron chi connectivity index (χ3n) is 12.7. The molecular formula is C59H40N8O2. The van der Waals surface area contributed by atoms with Crippen LogP contribution in [0.25, 0.3) is 95.8 Å². The van der Waals surface area contributed by atoms with Crippen LogP contribution in [0.4, 0.5) is 5.69 Å². The van der Waals surface area contributed by atoms with Crippen molar-refractivity contribution in [1.82, 2.24) is 34.5 Å². The highest BCUT2D eigenvalue weighted by atomic mass is 16.2. The highest BCUT2D eigenvalue weighted by Gasteiger charge is 2.41. The largest absolute Gasteiger partial charge is 0.308 e. The first-order chi connectivity index (χ1) is 33.8. The summed E-state index contributed by atoms with van der Waals surface area (Å²) in [5.41, 5.74) is 10.9. The van der Waals surface area contributed by atoms with Gasteiger partial charge in [-0.3, -0.25) is 9.59 Å². The summed E-state index contributed by atoms with van der Waals surface area (Å²) in [5.74, 6) is 2.22. The van der Waals surface area contributed by atoms with Gasteiger partial charge in [-0.1, -0.05) is 169 Å². The molecule has 10 heteroatoms. The van der Waals surface area contributed by atoms with Gasteiger partial charge in [-0.2, -0.15) is 0 Å². The van der Waals surface area contributed by atoms with Crippen molar-refractivity contribution in [2.24, 2.45) is 0 Å². The fourth-order valence-corrected chi connectivity index (χ4v) is 9.78. The van der Waals surface area contributed by atoms with Crippen LogP contribution < -0.4 is 4.90 Å². The van der Waals surface area contributed by atoms with Crippen LogP contribution in [-0.2, 0) is 0 Å². The van der Waals surface area contributed by atoms with Crippen molar-refractivity contribution in [3.63, 3.8) is 0 Å². The maximum atomic E-state index is 15.1. The Morgan fingerprint density at radius 1 is 0.362 bits per heavy atom. The van der Waals surface area contributed by atoms with Crippen molar-refractivity contribution in [3.8, 4) is 74.0 Å². The molecule has 0 unspecified atom stereocenters. The first-order valence-electron chi connectivity index (χ1n) is 22.7. The van der Waals surface area contributed by atoms with Gasteiger partial charge in [-0.15, -0.1) is 0 Å². The number of hydrogen-bond acceptors (Lipinski definition) is 8. The Bertz CT molecular complexity index is 3530. The summed E-state index contributed by atoms with van der Waals surface area (Å²) in [7, 11) is 0. The Balaban J connectivity index is 1.18. The zero-order valence-corrected chi connectivity index (χ0v) is 37.8. The summed E-state index contributed by atoms with van der Waals surface area (Å²) < 4.78 is 2.08. The average molecular weight is 893 g/mol. The SMILES string of the molecule is Cc1cc(C)c(N2C(=O)c3cccc(-n4c5cccc(-c6nc(-c7ccccc7)nc(-c7ccccc7)n6)c5c5c(-c6nc(-c7ccccc7)nc(-c7ccccc7)n6)cccc54)c3C2=O)c(C)c1. The van der Waals surface area contributed by atoms with E-state index in [1.807, 2.05) is 203 Å². The third kappa shape index (κ3) is 6.96. The van der Waals surface area contributed by atoms with Gasteiger partial charge in [0, 0.05) is 44.2 Å². The van der Waals surface area contributed by atoms with Gasteiger partial charge in [0.2, 0.25) is 0 Å². The van der Waals surface area contributed by atoms with Gasteiger partial charge in [-0.25, -0.2) is 34.8 Å². The van der Waals surface area contributed by atoms with Crippen LogP contribution in [0.1, 0.15) is 37.4 Å². The lowest BCUT2D eigenvalue weighted by Gasteiger charge is -2.20. The molecule has 0 saturated carbocycles. The van der Waals surface area contributed by atoms with Crippen LogP contribution in [0.2, 0.25) is 0 Å². The Morgan fingerprint density at radius 2 is 0.725 bits per heavy atom. The lowest BCUT2D eigenvalue weighted by atomic mass is 10.0. The molecule has 0 radical (unpaired) electrons. The molecular weight excluding hydrogens is 853 g/mol. The van der Waals surface area contributed by atoms with E-state index in [9.17, 15) is 4.79 Å². The predicted molar refractivity (Wildman–Crippen MR) is 272 cm³/mol. The van der Waals surface area contributed by atoms with E-state index < -0.39 is 5.91 Å². The number of amides is 2. The minimum absolute atomic E-state index is 0.312. The number of hydrogen-bond donors (Lipinski definition) is 0. The molecule has 0 aliphatic carbocycles. The number of aromatic nitrogens is 7. The molecule has 0 saturated heterocycles.